The predicted molar refractivity (Wildman–Crippen MR) is 47.7 cm³/mol. The summed E-state index contributed by atoms with van der Waals surface area (Å²) in [5.41, 5.74) is 7.98. The van der Waals surface area contributed by atoms with Crippen molar-refractivity contribution < 1.29 is 24.8 Å². The van der Waals surface area contributed by atoms with Crippen LogP contribution in [0.3, 0.4) is 0 Å². The Hall–Kier alpha value is -0.890. The summed E-state index contributed by atoms with van der Waals surface area (Å²) in [7, 11) is 0. The molecule has 1 unspecified atom stereocenters. The van der Waals surface area contributed by atoms with Gasteiger partial charge in [-0.05, 0) is 5.53 Å². The van der Waals surface area contributed by atoms with Crippen molar-refractivity contribution in [1.82, 2.24) is 0 Å². The average molecular weight is 219 g/mol. The predicted octanol–water partition coefficient (Wildman–Crippen LogP) is -1.25. The second-order valence-electron chi connectivity index (χ2n) is 3.08. The number of nitrogens with zero attached hydrogens (tertiary/aromatic N) is 3. The zero-order valence-electron chi connectivity index (χ0n) is 7.93. The molecule has 0 aromatic carbocycles. The van der Waals surface area contributed by atoms with E-state index in [0.717, 1.165) is 0 Å². The Morgan fingerprint density at radius 1 is 1.40 bits per heavy atom. The molecular weight excluding hydrogens is 206 g/mol. The summed E-state index contributed by atoms with van der Waals surface area (Å²) >= 11 is 0. The molecule has 1 saturated heterocycles. The first kappa shape index (κ1) is 12.2. The molecule has 0 aromatic rings. The highest BCUT2D eigenvalue weighted by molar-refractivity contribution is 4.82. The molecule has 0 radical (unpaired) electrons. The van der Waals surface area contributed by atoms with Crippen molar-refractivity contribution in [3.05, 3.63) is 10.4 Å². The quantitative estimate of drug-likeness (QED) is 0.235. The zero-order chi connectivity index (χ0) is 11.3. The van der Waals surface area contributed by atoms with Crippen LogP contribution in [0.1, 0.15) is 0 Å². The van der Waals surface area contributed by atoms with E-state index in [1.807, 2.05) is 0 Å². The molecule has 1 aliphatic heterocycles. The Morgan fingerprint density at radius 3 is 2.80 bits per heavy atom. The fourth-order valence-electron chi connectivity index (χ4n) is 1.18. The molecule has 4 atom stereocenters. The maximum Gasteiger partial charge on any atom is 0.186 e. The average Bonchev–Trinajstić information content (AvgIpc) is 2.24. The zero-order valence-corrected chi connectivity index (χ0v) is 7.93. The number of hydrogen-bond acceptors (Lipinski definition) is 6. The van der Waals surface area contributed by atoms with Gasteiger partial charge in [-0.2, -0.15) is 0 Å². The highest BCUT2D eigenvalue weighted by Crippen LogP contribution is 2.16. The summed E-state index contributed by atoms with van der Waals surface area (Å²) in [5, 5.41) is 31.0. The summed E-state index contributed by atoms with van der Waals surface area (Å²) in [6, 6.07) is 0. The Balaban J connectivity index is 2.32. The van der Waals surface area contributed by atoms with E-state index in [9.17, 15) is 10.2 Å². The van der Waals surface area contributed by atoms with Gasteiger partial charge >= 0.3 is 0 Å². The lowest BCUT2D eigenvalue weighted by atomic mass is 10.1. The van der Waals surface area contributed by atoms with Crippen LogP contribution < -0.4 is 0 Å². The molecule has 0 aromatic heterocycles. The Kier molecular flexibility index (Phi) is 4.76. The fraction of sp³-hybridized carbons (Fsp3) is 1.00. The molecule has 0 spiro atoms. The SMILES string of the molecule is [N-]=[N+]=NCCO[C@@H]1OC[C@@H](O)[C@H](O)C1O. The molecule has 3 N–H and O–H groups in total. The molecule has 8 nitrogen and oxygen atoms in total. The first-order valence-corrected chi connectivity index (χ1v) is 4.45. The molecule has 8 heteroatoms. The lowest BCUT2D eigenvalue weighted by molar-refractivity contribution is -0.268. The second kappa shape index (κ2) is 5.86. The number of aliphatic hydroxyl groups is 3. The summed E-state index contributed by atoms with van der Waals surface area (Å²) in [4.78, 5) is 2.52. The molecule has 1 fully saturated rings. The molecule has 1 rings (SSSR count). The van der Waals surface area contributed by atoms with Gasteiger partial charge in [-0.1, -0.05) is 5.11 Å². The standard InChI is InChI=1S/C7H13N3O5/c8-10-9-1-2-14-7-6(13)5(12)4(11)3-15-7/h4-7,11-13H,1-3H2/t4-,5+,6?,7-/m1/s1. The molecule has 1 aliphatic rings. The number of ether oxygens (including phenoxy) is 2. The lowest BCUT2D eigenvalue weighted by Gasteiger charge is -2.34. The minimum atomic E-state index is -1.31. The largest absolute Gasteiger partial charge is 0.388 e. The van der Waals surface area contributed by atoms with E-state index in [2.05, 4.69) is 10.0 Å². The minimum Gasteiger partial charge on any atom is -0.388 e. The molecule has 0 bridgehead atoms. The van der Waals surface area contributed by atoms with Gasteiger partial charge in [0.25, 0.3) is 0 Å². The van der Waals surface area contributed by atoms with Crippen molar-refractivity contribution in [2.45, 2.75) is 24.6 Å². The Labute approximate surface area is 85.7 Å². The van der Waals surface area contributed by atoms with Crippen molar-refractivity contribution in [2.75, 3.05) is 19.8 Å². The summed E-state index contributed by atoms with van der Waals surface area (Å²) < 4.78 is 9.94. The number of azide groups is 1. The molecule has 0 aliphatic carbocycles. The van der Waals surface area contributed by atoms with Crippen LogP contribution in [0, 0.1) is 0 Å². The van der Waals surface area contributed by atoms with Gasteiger partial charge in [-0.25, -0.2) is 0 Å². The van der Waals surface area contributed by atoms with Crippen molar-refractivity contribution in [2.24, 2.45) is 5.11 Å². The van der Waals surface area contributed by atoms with Crippen LogP contribution in [0.2, 0.25) is 0 Å². The highest BCUT2D eigenvalue weighted by atomic mass is 16.7. The van der Waals surface area contributed by atoms with Gasteiger partial charge in [-0.15, -0.1) is 0 Å². The van der Waals surface area contributed by atoms with E-state index >= 15 is 0 Å². The van der Waals surface area contributed by atoms with Crippen LogP contribution in [-0.4, -0.2) is 59.7 Å². The topological polar surface area (TPSA) is 128 Å². The van der Waals surface area contributed by atoms with Gasteiger partial charge < -0.3 is 24.8 Å². The highest BCUT2D eigenvalue weighted by Gasteiger charge is 2.37. The molecular formula is C7H13N3O5. The maximum atomic E-state index is 9.40. The minimum absolute atomic E-state index is 0.0780. The van der Waals surface area contributed by atoms with Crippen molar-refractivity contribution >= 4 is 0 Å². The van der Waals surface area contributed by atoms with E-state index in [4.69, 9.17) is 20.1 Å². The first-order chi connectivity index (χ1) is 7.16. The maximum absolute atomic E-state index is 9.40. The molecule has 0 amide bonds. The van der Waals surface area contributed by atoms with Gasteiger partial charge in [0.2, 0.25) is 0 Å². The van der Waals surface area contributed by atoms with E-state index in [0.29, 0.717) is 0 Å². The lowest BCUT2D eigenvalue weighted by Crippen LogP contribution is -2.53. The van der Waals surface area contributed by atoms with Crippen LogP contribution in [-0.2, 0) is 9.47 Å². The van der Waals surface area contributed by atoms with Crippen LogP contribution in [0.5, 0.6) is 0 Å². The summed E-state index contributed by atoms with van der Waals surface area (Å²) in [6.07, 6.45) is -4.71. The van der Waals surface area contributed by atoms with Gasteiger partial charge in [0, 0.05) is 11.5 Å². The second-order valence-corrected chi connectivity index (χ2v) is 3.08. The number of hydrogen-bond donors (Lipinski definition) is 3. The summed E-state index contributed by atoms with van der Waals surface area (Å²) in [6.45, 7) is 0.0841. The molecule has 1 heterocycles. The van der Waals surface area contributed by atoms with Crippen LogP contribution in [0.25, 0.3) is 10.4 Å². The van der Waals surface area contributed by atoms with Crippen LogP contribution in [0.4, 0.5) is 0 Å². The van der Waals surface area contributed by atoms with Crippen molar-refractivity contribution in [3.8, 4) is 0 Å². The Bertz CT molecular complexity index is 245. The van der Waals surface area contributed by atoms with Gasteiger partial charge in [0.15, 0.2) is 6.29 Å². The summed E-state index contributed by atoms with van der Waals surface area (Å²) in [5.74, 6) is 0. The molecule has 15 heavy (non-hydrogen) atoms. The number of aliphatic hydroxyl groups excluding tert-OH is 3. The third kappa shape index (κ3) is 3.31. The third-order valence-corrected chi connectivity index (χ3v) is 1.99. The third-order valence-electron chi connectivity index (χ3n) is 1.99. The van der Waals surface area contributed by atoms with E-state index in [-0.39, 0.29) is 19.8 Å². The van der Waals surface area contributed by atoms with Crippen LogP contribution >= 0.6 is 0 Å². The first-order valence-electron chi connectivity index (χ1n) is 4.45. The molecule has 0 saturated carbocycles. The van der Waals surface area contributed by atoms with Gasteiger partial charge in [-0.3, -0.25) is 0 Å². The van der Waals surface area contributed by atoms with Gasteiger partial charge in [0.1, 0.15) is 18.3 Å². The van der Waals surface area contributed by atoms with Crippen LogP contribution in [0.15, 0.2) is 5.11 Å². The van der Waals surface area contributed by atoms with Crippen molar-refractivity contribution in [3.63, 3.8) is 0 Å². The van der Waals surface area contributed by atoms with Gasteiger partial charge in [0.05, 0.1) is 13.2 Å². The van der Waals surface area contributed by atoms with E-state index in [1.54, 1.807) is 0 Å². The van der Waals surface area contributed by atoms with E-state index < -0.39 is 24.6 Å². The monoisotopic (exact) mass is 219 g/mol. The fourth-order valence-corrected chi connectivity index (χ4v) is 1.18. The number of rotatable bonds is 4. The molecule has 86 valence electrons. The smallest absolute Gasteiger partial charge is 0.186 e. The normalized spacial score (nSPS) is 35.9. The Morgan fingerprint density at radius 2 is 2.13 bits per heavy atom. The van der Waals surface area contributed by atoms with E-state index in [1.165, 1.54) is 0 Å². The van der Waals surface area contributed by atoms with Crippen molar-refractivity contribution in [1.29, 1.82) is 0 Å².